The van der Waals surface area contributed by atoms with Crippen LogP contribution in [0.1, 0.15) is 57.6 Å². The second kappa shape index (κ2) is 14.4. The van der Waals surface area contributed by atoms with Crippen molar-refractivity contribution in [3.8, 4) is 5.75 Å². The lowest BCUT2D eigenvalue weighted by atomic mass is 10.1. The molecule has 0 spiro atoms. The van der Waals surface area contributed by atoms with E-state index in [-0.39, 0.29) is 43.8 Å². The fourth-order valence-electron chi connectivity index (χ4n) is 4.14. The van der Waals surface area contributed by atoms with Gasteiger partial charge in [0.25, 0.3) is 0 Å². The fraction of sp³-hybridized carbons (Fsp3) is 0.500. The number of hydrogen-bond acceptors (Lipinski definition) is 5. The van der Waals surface area contributed by atoms with Gasteiger partial charge in [-0.3, -0.25) is 13.9 Å². The standard InChI is InChI=1S/C28H40ClN3O5S/c1-7-20(3)30-28(34)25(8-2)31(19-22-14-16-23(37-5)17-15-22)27(33)13-10-18-32(38(6,35)36)26-12-9-11-24(29)21(26)4/h9,11-12,14-17,20,25H,7-8,10,13,18-19H2,1-6H3,(H,30,34)/t20-,25+/m1/s1. The number of methoxy groups -OCH3 is 1. The first kappa shape index (κ1) is 31.4. The number of ether oxygens (including phenoxy) is 1. The van der Waals surface area contributed by atoms with Crippen LogP contribution in [-0.4, -0.2) is 57.1 Å². The van der Waals surface area contributed by atoms with Crippen molar-refractivity contribution in [2.24, 2.45) is 0 Å². The molecule has 38 heavy (non-hydrogen) atoms. The Kier molecular flexibility index (Phi) is 11.9. The van der Waals surface area contributed by atoms with Gasteiger partial charge in [0.05, 0.1) is 19.1 Å². The highest BCUT2D eigenvalue weighted by atomic mass is 35.5. The number of nitrogens with zero attached hydrogens (tertiary/aromatic N) is 2. The van der Waals surface area contributed by atoms with Gasteiger partial charge in [0.15, 0.2) is 0 Å². The first-order valence-corrected chi connectivity index (χ1v) is 15.1. The minimum Gasteiger partial charge on any atom is -0.497 e. The average molecular weight is 566 g/mol. The van der Waals surface area contributed by atoms with Crippen LogP contribution in [0.2, 0.25) is 5.02 Å². The number of hydrogen-bond donors (Lipinski definition) is 1. The van der Waals surface area contributed by atoms with E-state index in [1.165, 1.54) is 4.31 Å². The Bertz CT molecular complexity index is 1190. The summed E-state index contributed by atoms with van der Waals surface area (Å²) in [6.07, 6.45) is 2.72. The smallest absolute Gasteiger partial charge is 0.243 e. The van der Waals surface area contributed by atoms with Crippen molar-refractivity contribution < 1.29 is 22.7 Å². The summed E-state index contributed by atoms with van der Waals surface area (Å²) >= 11 is 6.23. The predicted molar refractivity (Wildman–Crippen MR) is 153 cm³/mol. The molecule has 0 aliphatic rings. The minimum absolute atomic E-state index is 0.0151. The van der Waals surface area contributed by atoms with Gasteiger partial charge in [0.1, 0.15) is 11.8 Å². The molecule has 1 N–H and O–H groups in total. The van der Waals surface area contributed by atoms with E-state index in [0.29, 0.717) is 28.4 Å². The molecule has 0 aromatic heterocycles. The number of halogens is 1. The van der Waals surface area contributed by atoms with Crippen LogP contribution in [0.15, 0.2) is 42.5 Å². The van der Waals surface area contributed by atoms with Crippen molar-refractivity contribution in [1.82, 2.24) is 10.2 Å². The van der Waals surface area contributed by atoms with Crippen molar-refractivity contribution in [2.45, 2.75) is 72.0 Å². The summed E-state index contributed by atoms with van der Waals surface area (Å²) in [6.45, 7) is 7.91. The Labute approximate surface area is 232 Å². The molecule has 2 amide bonds. The highest BCUT2D eigenvalue weighted by molar-refractivity contribution is 7.92. The lowest BCUT2D eigenvalue weighted by Crippen LogP contribution is -2.50. The van der Waals surface area contributed by atoms with Crippen LogP contribution in [-0.2, 0) is 26.2 Å². The minimum atomic E-state index is -3.61. The van der Waals surface area contributed by atoms with Crippen molar-refractivity contribution in [3.05, 3.63) is 58.6 Å². The van der Waals surface area contributed by atoms with Crippen LogP contribution in [0.25, 0.3) is 0 Å². The maximum atomic E-state index is 13.6. The maximum absolute atomic E-state index is 13.6. The Balaban J connectivity index is 2.26. The molecule has 2 rings (SSSR count). The zero-order valence-corrected chi connectivity index (χ0v) is 24.7. The molecule has 8 nitrogen and oxygen atoms in total. The van der Waals surface area contributed by atoms with Crippen molar-refractivity contribution in [3.63, 3.8) is 0 Å². The summed E-state index contributed by atoms with van der Waals surface area (Å²) in [5.74, 6) is 0.282. The van der Waals surface area contributed by atoms with Crippen LogP contribution >= 0.6 is 11.6 Å². The third-order valence-electron chi connectivity index (χ3n) is 6.56. The number of carbonyl (C=O) groups excluding carboxylic acids is 2. The molecule has 0 heterocycles. The molecule has 10 heteroatoms. The van der Waals surface area contributed by atoms with Gasteiger partial charge in [-0.05, 0) is 68.5 Å². The summed E-state index contributed by atoms with van der Waals surface area (Å²) in [4.78, 5) is 28.3. The summed E-state index contributed by atoms with van der Waals surface area (Å²) in [5, 5.41) is 3.46. The SMILES string of the molecule is CC[C@@H](C)NC(=O)[C@H](CC)N(Cc1ccc(OC)cc1)C(=O)CCCN(c1cccc(Cl)c1C)S(C)(=O)=O. The van der Waals surface area contributed by atoms with Gasteiger partial charge in [-0.25, -0.2) is 8.42 Å². The highest BCUT2D eigenvalue weighted by Gasteiger charge is 2.29. The van der Waals surface area contributed by atoms with Gasteiger partial charge in [-0.1, -0.05) is 43.6 Å². The molecule has 0 fully saturated rings. The molecule has 0 aliphatic carbocycles. The van der Waals surface area contributed by atoms with E-state index in [9.17, 15) is 18.0 Å². The molecule has 2 aromatic carbocycles. The number of anilines is 1. The van der Waals surface area contributed by atoms with E-state index in [0.717, 1.165) is 18.2 Å². The molecule has 0 aliphatic heterocycles. The lowest BCUT2D eigenvalue weighted by molar-refractivity contribution is -0.141. The first-order valence-electron chi connectivity index (χ1n) is 12.9. The van der Waals surface area contributed by atoms with E-state index >= 15 is 0 Å². The van der Waals surface area contributed by atoms with Crippen molar-refractivity contribution >= 4 is 39.1 Å². The fourth-order valence-corrected chi connectivity index (χ4v) is 5.32. The Morgan fingerprint density at radius 1 is 1.08 bits per heavy atom. The molecule has 0 radical (unpaired) electrons. The van der Waals surface area contributed by atoms with Crippen LogP contribution < -0.4 is 14.4 Å². The summed E-state index contributed by atoms with van der Waals surface area (Å²) in [5.41, 5.74) is 2.00. The number of amides is 2. The Morgan fingerprint density at radius 2 is 1.74 bits per heavy atom. The average Bonchev–Trinajstić information content (AvgIpc) is 2.87. The van der Waals surface area contributed by atoms with E-state index in [1.54, 1.807) is 37.1 Å². The third kappa shape index (κ3) is 8.63. The third-order valence-corrected chi connectivity index (χ3v) is 8.15. The quantitative estimate of drug-likeness (QED) is 0.350. The summed E-state index contributed by atoms with van der Waals surface area (Å²) < 4.78 is 31.7. The second-order valence-corrected chi connectivity index (χ2v) is 11.7. The van der Waals surface area contributed by atoms with E-state index in [4.69, 9.17) is 16.3 Å². The molecule has 0 bridgehead atoms. The lowest BCUT2D eigenvalue weighted by Gasteiger charge is -2.32. The van der Waals surface area contributed by atoms with E-state index in [2.05, 4.69) is 5.32 Å². The Hall–Kier alpha value is -2.78. The predicted octanol–water partition coefficient (Wildman–Crippen LogP) is 4.93. The van der Waals surface area contributed by atoms with Crippen LogP contribution in [0.4, 0.5) is 5.69 Å². The molecule has 0 saturated heterocycles. The molecular formula is C28H40ClN3O5S. The molecular weight excluding hydrogens is 526 g/mol. The topological polar surface area (TPSA) is 96.0 Å². The van der Waals surface area contributed by atoms with E-state index in [1.807, 2.05) is 45.0 Å². The largest absolute Gasteiger partial charge is 0.497 e. The molecule has 210 valence electrons. The molecule has 0 unspecified atom stereocenters. The van der Waals surface area contributed by atoms with Crippen LogP contribution in [0.5, 0.6) is 5.75 Å². The van der Waals surface area contributed by atoms with E-state index < -0.39 is 16.1 Å². The van der Waals surface area contributed by atoms with Gasteiger partial charge in [-0.2, -0.15) is 0 Å². The van der Waals surface area contributed by atoms with Crippen molar-refractivity contribution in [2.75, 3.05) is 24.2 Å². The van der Waals surface area contributed by atoms with Gasteiger partial charge in [0, 0.05) is 30.6 Å². The number of benzene rings is 2. The summed E-state index contributed by atoms with van der Waals surface area (Å²) in [6, 6.07) is 11.8. The van der Waals surface area contributed by atoms with Gasteiger partial charge in [0.2, 0.25) is 21.8 Å². The Morgan fingerprint density at radius 3 is 2.29 bits per heavy atom. The molecule has 2 aromatic rings. The molecule has 2 atom stereocenters. The molecule has 0 saturated carbocycles. The number of carbonyl (C=O) groups is 2. The van der Waals surface area contributed by atoms with Gasteiger partial charge < -0.3 is 15.0 Å². The van der Waals surface area contributed by atoms with Crippen molar-refractivity contribution in [1.29, 1.82) is 0 Å². The number of rotatable bonds is 14. The zero-order chi connectivity index (χ0) is 28.5. The monoisotopic (exact) mass is 565 g/mol. The van der Waals surface area contributed by atoms with Gasteiger partial charge in [-0.15, -0.1) is 0 Å². The van der Waals surface area contributed by atoms with Gasteiger partial charge >= 0.3 is 0 Å². The second-order valence-electron chi connectivity index (χ2n) is 9.43. The summed E-state index contributed by atoms with van der Waals surface area (Å²) in [7, 11) is -2.02. The number of sulfonamides is 1. The zero-order valence-electron chi connectivity index (χ0n) is 23.2. The normalized spacial score (nSPS) is 12.9. The number of nitrogens with one attached hydrogen (secondary N) is 1. The highest BCUT2D eigenvalue weighted by Crippen LogP contribution is 2.28. The van der Waals surface area contributed by atoms with Crippen LogP contribution in [0.3, 0.4) is 0 Å². The maximum Gasteiger partial charge on any atom is 0.243 e. The first-order chi connectivity index (χ1) is 17.9. The van der Waals surface area contributed by atoms with Crippen LogP contribution in [0, 0.1) is 6.92 Å².